The van der Waals surface area contributed by atoms with Gasteiger partial charge in [-0.1, -0.05) is 18.2 Å². The summed E-state index contributed by atoms with van der Waals surface area (Å²) in [6.45, 7) is -0.475. The van der Waals surface area contributed by atoms with Crippen molar-refractivity contribution in [2.24, 2.45) is 0 Å². The summed E-state index contributed by atoms with van der Waals surface area (Å²) in [4.78, 5) is 50.5. The standard InChI is InChI=1S/C22H22N2O7/c1-29-17-9-8-13(10-18(17)30-2)16(11-20(26)31-3)23-19(25)12-24-21(27)14-6-4-5-7-15(14)22(24)28/h4-10,16H,11-12H2,1-3H3,(H,23,25). The van der Waals surface area contributed by atoms with Gasteiger partial charge in [-0.25, -0.2) is 0 Å². The third-order valence-electron chi connectivity index (χ3n) is 4.92. The topological polar surface area (TPSA) is 111 Å². The zero-order valence-corrected chi connectivity index (χ0v) is 17.3. The van der Waals surface area contributed by atoms with Gasteiger partial charge in [-0.05, 0) is 29.8 Å². The molecule has 1 aliphatic rings. The summed E-state index contributed by atoms with van der Waals surface area (Å²) in [6.07, 6.45) is -0.153. The molecule has 3 rings (SSSR count). The summed E-state index contributed by atoms with van der Waals surface area (Å²) >= 11 is 0. The fourth-order valence-corrected chi connectivity index (χ4v) is 3.34. The molecule has 162 valence electrons. The number of amides is 3. The number of methoxy groups -OCH3 is 3. The molecular formula is C22H22N2O7. The number of hydrogen-bond acceptors (Lipinski definition) is 7. The molecule has 0 fully saturated rings. The Labute approximate surface area is 178 Å². The smallest absolute Gasteiger partial charge is 0.307 e. The molecule has 9 heteroatoms. The van der Waals surface area contributed by atoms with Crippen molar-refractivity contribution in [1.29, 1.82) is 0 Å². The zero-order chi connectivity index (χ0) is 22.5. The maximum Gasteiger partial charge on any atom is 0.307 e. The Morgan fingerprint density at radius 3 is 2.10 bits per heavy atom. The fraction of sp³-hybridized carbons (Fsp3) is 0.273. The molecule has 0 saturated carbocycles. The van der Waals surface area contributed by atoms with E-state index in [0.717, 1.165) is 4.90 Å². The van der Waals surface area contributed by atoms with Gasteiger partial charge >= 0.3 is 5.97 Å². The molecule has 1 atom stereocenters. The van der Waals surface area contributed by atoms with Gasteiger partial charge in [0.15, 0.2) is 11.5 Å². The highest BCUT2D eigenvalue weighted by Gasteiger charge is 2.36. The highest BCUT2D eigenvalue weighted by Crippen LogP contribution is 2.31. The van der Waals surface area contributed by atoms with Crippen LogP contribution in [0.2, 0.25) is 0 Å². The Bertz CT molecular complexity index is 999. The number of benzene rings is 2. The molecule has 3 amide bonds. The molecule has 0 spiro atoms. The Morgan fingerprint density at radius 2 is 1.55 bits per heavy atom. The number of nitrogens with one attached hydrogen (secondary N) is 1. The number of esters is 1. The van der Waals surface area contributed by atoms with Crippen molar-refractivity contribution in [1.82, 2.24) is 10.2 Å². The van der Waals surface area contributed by atoms with Crippen molar-refractivity contribution in [3.05, 3.63) is 59.2 Å². The Morgan fingerprint density at radius 1 is 0.935 bits per heavy atom. The first-order valence-corrected chi connectivity index (χ1v) is 9.43. The van der Waals surface area contributed by atoms with Crippen LogP contribution in [0.5, 0.6) is 11.5 Å². The lowest BCUT2D eigenvalue weighted by Gasteiger charge is -2.21. The van der Waals surface area contributed by atoms with Crippen molar-refractivity contribution in [2.45, 2.75) is 12.5 Å². The SMILES string of the molecule is COC(=O)CC(NC(=O)CN1C(=O)c2ccccc2C1=O)c1ccc(OC)c(OC)c1. The number of carbonyl (C=O) groups is 4. The average Bonchev–Trinajstić information content (AvgIpc) is 3.03. The lowest BCUT2D eigenvalue weighted by molar-refractivity contribution is -0.141. The summed E-state index contributed by atoms with van der Waals surface area (Å²) in [6, 6.07) is 10.6. The van der Waals surface area contributed by atoms with Crippen LogP contribution in [0.15, 0.2) is 42.5 Å². The van der Waals surface area contributed by atoms with E-state index in [1.807, 2.05) is 0 Å². The average molecular weight is 426 g/mol. The number of carbonyl (C=O) groups excluding carboxylic acids is 4. The molecular weight excluding hydrogens is 404 g/mol. The monoisotopic (exact) mass is 426 g/mol. The number of ether oxygens (including phenoxy) is 3. The predicted molar refractivity (Wildman–Crippen MR) is 109 cm³/mol. The second-order valence-electron chi connectivity index (χ2n) is 6.76. The van der Waals surface area contributed by atoms with Crippen LogP contribution in [0.25, 0.3) is 0 Å². The van der Waals surface area contributed by atoms with Crippen molar-refractivity contribution < 1.29 is 33.4 Å². The largest absolute Gasteiger partial charge is 0.493 e. The van der Waals surface area contributed by atoms with E-state index in [-0.39, 0.29) is 17.5 Å². The van der Waals surface area contributed by atoms with E-state index in [1.165, 1.54) is 33.5 Å². The van der Waals surface area contributed by atoms with Crippen LogP contribution >= 0.6 is 0 Å². The minimum absolute atomic E-state index is 0.153. The summed E-state index contributed by atoms with van der Waals surface area (Å²) in [5, 5.41) is 2.70. The molecule has 0 radical (unpaired) electrons. The van der Waals surface area contributed by atoms with Crippen LogP contribution in [-0.4, -0.2) is 56.5 Å². The summed E-state index contributed by atoms with van der Waals surface area (Å²) in [5.41, 5.74) is 1.08. The quantitative estimate of drug-likeness (QED) is 0.505. The third-order valence-corrected chi connectivity index (χ3v) is 4.92. The van der Waals surface area contributed by atoms with Crippen molar-refractivity contribution in [2.75, 3.05) is 27.9 Å². The number of hydrogen-bond donors (Lipinski definition) is 1. The number of rotatable bonds is 8. The molecule has 0 aromatic heterocycles. The molecule has 31 heavy (non-hydrogen) atoms. The first kappa shape index (κ1) is 21.8. The van der Waals surface area contributed by atoms with E-state index in [4.69, 9.17) is 14.2 Å². The predicted octanol–water partition coefficient (Wildman–Crippen LogP) is 1.72. The highest BCUT2D eigenvalue weighted by atomic mass is 16.5. The fourth-order valence-electron chi connectivity index (χ4n) is 3.34. The van der Waals surface area contributed by atoms with Gasteiger partial charge in [0.05, 0.1) is 44.9 Å². The van der Waals surface area contributed by atoms with Gasteiger partial charge in [-0.2, -0.15) is 0 Å². The van der Waals surface area contributed by atoms with E-state index in [2.05, 4.69) is 5.32 Å². The molecule has 0 saturated heterocycles. The van der Waals surface area contributed by atoms with Crippen molar-refractivity contribution >= 4 is 23.7 Å². The Kier molecular flexibility index (Phi) is 6.54. The van der Waals surface area contributed by atoms with E-state index < -0.39 is 36.3 Å². The van der Waals surface area contributed by atoms with Gasteiger partial charge in [0.25, 0.3) is 11.8 Å². The Hall–Kier alpha value is -3.88. The summed E-state index contributed by atoms with van der Waals surface area (Å²) in [7, 11) is 4.21. The van der Waals surface area contributed by atoms with Crippen LogP contribution in [0, 0.1) is 0 Å². The van der Waals surface area contributed by atoms with E-state index >= 15 is 0 Å². The maximum absolute atomic E-state index is 12.7. The number of nitrogens with zero attached hydrogens (tertiary/aromatic N) is 1. The molecule has 1 aliphatic heterocycles. The second-order valence-corrected chi connectivity index (χ2v) is 6.76. The van der Waals surface area contributed by atoms with Crippen LogP contribution in [-0.2, 0) is 14.3 Å². The van der Waals surface area contributed by atoms with Crippen LogP contribution in [0.1, 0.15) is 38.7 Å². The molecule has 1 N–H and O–H groups in total. The molecule has 0 bridgehead atoms. The zero-order valence-electron chi connectivity index (χ0n) is 17.3. The summed E-state index contributed by atoms with van der Waals surface area (Å²) in [5.74, 6) is -1.30. The minimum atomic E-state index is -0.769. The van der Waals surface area contributed by atoms with Crippen molar-refractivity contribution in [3.8, 4) is 11.5 Å². The van der Waals surface area contributed by atoms with Crippen LogP contribution in [0.4, 0.5) is 0 Å². The highest BCUT2D eigenvalue weighted by molar-refractivity contribution is 6.22. The van der Waals surface area contributed by atoms with Gasteiger partial charge in [-0.3, -0.25) is 24.1 Å². The van der Waals surface area contributed by atoms with Crippen molar-refractivity contribution in [3.63, 3.8) is 0 Å². The van der Waals surface area contributed by atoms with Gasteiger partial charge in [-0.15, -0.1) is 0 Å². The van der Waals surface area contributed by atoms with E-state index in [1.54, 1.807) is 30.3 Å². The third kappa shape index (κ3) is 4.50. The van der Waals surface area contributed by atoms with Gasteiger partial charge in [0.2, 0.25) is 5.91 Å². The lowest BCUT2D eigenvalue weighted by Crippen LogP contribution is -2.42. The van der Waals surface area contributed by atoms with Gasteiger partial charge < -0.3 is 19.5 Å². The molecule has 1 unspecified atom stereocenters. The molecule has 9 nitrogen and oxygen atoms in total. The first-order valence-electron chi connectivity index (χ1n) is 9.43. The molecule has 0 aliphatic carbocycles. The van der Waals surface area contributed by atoms with Gasteiger partial charge in [0.1, 0.15) is 6.54 Å². The minimum Gasteiger partial charge on any atom is -0.493 e. The normalized spacial score (nSPS) is 13.5. The van der Waals surface area contributed by atoms with E-state index in [9.17, 15) is 19.2 Å². The number of imide groups is 1. The lowest BCUT2D eigenvalue weighted by atomic mass is 10.0. The maximum atomic E-state index is 12.7. The van der Waals surface area contributed by atoms with Gasteiger partial charge in [0, 0.05) is 0 Å². The van der Waals surface area contributed by atoms with E-state index in [0.29, 0.717) is 17.1 Å². The molecule has 1 heterocycles. The Balaban J connectivity index is 1.79. The summed E-state index contributed by atoms with van der Waals surface area (Å²) < 4.78 is 15.2. The molecule has 2 aromatic rings. The van der Waals surface area contributed by atoms with Crippen LogP contribution in [0.3, 0.4) is 0 Å². The number of fused-ring (bicyclic) bond motifs is 1. The first-order chi connectivity index (χ1) is 14.9. The molecule has 2 aromatic carbocycles. The second kappa shape index (κ2) is 9.29. The van der Waals surface area contributed by atoms with Crippen LogP contribution < -0.4 is 14.8 Å².